The van der Waals surface area contributed by atoms with Crippen molar-refractivity contribution in [2.45, 2.75) is 25.4 Å². The molecule has 1 aromatic rings. The van der Waals surface area contributed by atoms with Crippen molar-refractivity contribution in [2.24, 2.45) is 11.8 Å². The van der Waals surface area contributed by atoms with E-state index in [4.69, 9.17) is 0 Å². The van der Waals surface area contributed by atoms with Gasteiger partial charge in [0.1, 0.15) is 5.82 Å². The number of amides is 1. The number of piperidine rings is 1. The summed E-state index contributed by atoms with van der Waals surface area (Å²) in [6.45, 7) is 4.61. The quantitative estimate of drug-likeness (QED) is 0.665. The molecule has 0 radical (unpaired) electrons. The van der Waals surface area contributed by atoms with E-state index in [-0.39, 0.29) is 42.1 Å². The molecule has 0 aliphatic carbocycles. The van der Waals surface area contributed by atoms with Crippen molar-refractivity contribution in [3.8, 4) is 0 Å². The number of carbonyl (C=O) groups excluding carboxylic acids is 1. The number of benzene rings is 1. The Hall–Kier alpha value is -1.21. The zero-order valence-electron chi connectivity index (χ0n) is 13.1. The molecule has 2 aliphatic rings. The fourth-order valence-electron chi connectivity index (χ4n) is 3.25. The summed E-state index contributed by atoms with van der Waals surface area (Å²) in [6, 6.07) is 6.42. The predicted molar refractivity (Wildman–Crippen MR) is 89.6 cm³/mol. The molecule has 4 unspecified atom stereocenters. The van der Waals surface area contributed by atoms with Crippen LogP contribution in [0, 0.1) is 17.7 Å². The molecule has 128 valence electrons. The van der Waals surface area contributed by atoms with Gasteiger partial charge in [-0.3, -0.25) is 10.2 Å². The number of hydrogen-bond acceptors (Lipinski definition) is 4. The van der Waals surface area contributed by atoms with E-state index in [0.29, 0.717) is 12.5 Å². The minimum absolute atomic E-state index is 0. The third-order valence-corrected chi connectivity index (χ3v) is 4.66. The van der Waals surface area contributed by atoms with E-state index in [2.05, 4.69) is 28.4 Å². The normalized spacial score (nSPS) is 30.5. The Morgan fingerprint density at radius 3 is 2.70 bits per heavy atom. The zero-order chi connectivity index (χ0) is 15.5. The number of rotatable bonds is 3. The topological polar surface area (TPSA) is 65.2 Å². The van der Waals surface area contributed by atoms with Gasteiger partial charge in [0.15, 0.2) is 0 Å². The molecule has 4 N–H and O–H groups in total. The summed E-state index contributed by atoms with van der Waals surface area (Å²) in [4.78, 5) is 12.6. The summed E-state index contributed by atoms with van der Waals surface area (Å²) in [6.07, 6.45) is 0.960. The standard InChI is InChI=1S/C16H23FN4O.ClH/c1-10-8-18-7-6-14(10)20-16(22)13-9-19-21-15(13)11-2-4-12(17)5-3-11;/h2-5,10,13-15,18-19,21H,6-9H2,1H3,(H,20,22);1H. The molecule has 2 aliphatic heterocycles. The Balaban J connectivity index is 0.00000192. The summed E-state index contributed by atoms with van der Waals surface area (Å²) in [7, 11) is 0. The van der Waals surface area contributed by atoms with E-state index >= 15 is 0 Å². The van der Waals surface area contributed by atoms with Crippen molar-refractivity contribution in [3.63, 3.8) is 0 Å². The average Bonchev–Trinajstić information content (AvgIpc) is 3.00. The van der Waals surface area contributed by atoms with Crippen molar-refractivity contribution in [1.82, 2.24) is 21.5 Å². The van der Waals surface area contributed by atoms with Gasteiger partial charge in [-0.2, -0.15) is 0 Å². The molecule has 2 fully saturated rings. The highest BCUT2D eigenvalue weighted by atomic mass is 35.5. The van der Waals surface area contributed by atoms with Crippen LogP contribution >= 0.6 is 12.4 Å². The predicted octanol–water partition coefficient (Wildman–Crippen LogP) is 1.13. The second-order valence-corrected chi connectivity index (χ2v) is 6.25. The van der Waals surface area contributed by atoms with E-state index in [9.17, 15) is 9.18 Å². The summed E-state index contributed by atoms with van der Waals surface area (Å²) >= 11 is 0. The maximum atomic E-state index is 13.1. The molecule has 23 heavy (non-hydrogen) atoms. The van der Waals surface area contributed by atoms with Gasteiger partial charge in [-0.25, -0.2) is 9.82 Å². The lowest BCUT2D eigenvalue weighted by Crippen LogP contribution is -2.50. The van der Waals surface area contributed by atoms with Crippen LogP contribution in [0.15, 0.2) is 24.3 Å². The minimum atomic E-state index is -0.265. The lowest BCUT2D eigenvalue weighted by Gasteiger charge is -2.31. The van der Waals surface area contributed by atoms with Crippen LogP contribution < -0.4 is 21.5 Å². The van der Waals surface area contributed by atoms with Crippen LogP contribution in [0.3, 0.4) is 0 Å². The van der Waals surface area contributed by atoms with Gasteiger partial charge in [-0.05, 0) is 43.1 Å². The Labute approximate surface area is 142 Å². The highest BCUT2D eigenvalue weighted by molar-refractivity contribution is 5.85. The first-order chi connectivity index (χ1) is 10.6. The van der Waals surface area contributed by atoms with Gasteiger partial charge in [0.05, 0.1) is 12.0 Å². The zero-order valence-corrected chi connectivity index (χ0v) is 14.0. The van der Waals surface area contributed by atoms with E-state index in [1.165, 1.54) is 12.1 Å². The number of nitrogens with one attached hydrogen (secondary N) is 4. The lowest BCUT2D eigenvalue weighted by molar-refractivity contribution is -0.126. The summed E-state index contributed by atoms with van der Waals surface area (Å²) in [5.41, 5.74) is 7.10. The molecule has 7 heteroatoms. The Bertz CT molecular complexity index is 527. The fourth-order valence-corrected chi connectivity index (χ4v) is 3.25. The second-order valence-electron chi connectivity index (χ2n) is 6.25. The summed E-state index contributed by atoms with van der Waals surface area (Å²) in [5.74, 6) is 0.0432. The van der Waals surface area contributed by atoms with Crippen molar-refractivity contribution in [3.05, 3.63) is 35.6 Å². The van der Waals surface area contributed by atoms with Crippen LogP contribution in [-0.2, 0) is 4.79 Å². The average molecular weight is 343 g/mol. The van der Waals surface area contributed by atoms with E-state index in [1.807, 2.05) is 0 Å². The number of halogens is 2. The van der Waals surface area contributed by atoms with Gasteiger partial charge in [-0.15, -0.1) is 12.4 Å². The first kappa shape index (κ1) is 18.1. The van der Waals surface area contributed by atoms with Gasteiger partial charge in [0.2, 0.25) is 5.91 Å². The fraction of sp³-hybridized carbons (Fsp3) is 0.562. The number of hydrazine groups is 1. The minimum Gasteiger partial charge on any atom is -0.353 e. The number of carbonyl (C=O) groups is 1. The van der Waals surface area contributed by atoms with Crippen molar-refractivity contribution in [2.75, 3.05) is 19.6 Å². The molecule has 0 aromatic heterocycles. The lowest BCUT2D eigenvalue weighted by atomic mass is 9.91. The second kappa shape index (κ2) is 8.06. The van der Waals surface area contributed by atoms with Crippen LogP contribution in [0.2, 0.25) is 0 Å². The Kier molecular flexibility index (Phi) is 6.35. The van der Waals surface area contributed by atoms with E-state index in [0.717, 1.165) is 25.1 Å². The SMILES string of the molecule is CC1CNCCC1NC(=O)C1CNNC1c1ccc(F)cc1.Cl. The molecule has 0 bridgehead atoms. The van der Waals surface area contributed by atoms with E-state index < -0.39 is 0 Å². The number of hydrogen-bond donors (Lipinski definition) is 4. The monoisotopic (exact) mass is 342 g/mol. The largest absolute Gasteiger partial charge is 0.353 e. The van der Waals surface area contributed by atoms with Gasteiger partial charge in [-0.1, -0.05) is 19.1 Å². The molecule has 2 saturated heterocycles. The molecule has 3 rings (SSSR count). The van der Waals surface area contributed by atoms with Crippen molar-refractivity contribution < 1.29 is 9.18 Å². The molecular formula is C16H24ClFN4O. The van der Waals surface area contributed by atoms with Gasteiger partial charge in [0, 0.05) is 12.6 Å². The maximum Gasteiger partial charge on any atom is 0.226 e. The van der Waals surface area contributed by atoms with Gasteiger partial charge in [0.25, 0.3) is 0 Å². The van der Waals surface area contributed by atoms with Gasteiger partial charge < -0.3 is 10.6 Å². The van der Waals surface area contributed by atoms with Crippen molar-refractivity contribution in [1.29, 1.82) is 0 Å². The Morgan fingerprint density at radius 1 is 1.26 bits per heavy atom. The third-order valence-electron chi connectivity index (χ3n) is 4.66. The molecular weight excluding hydrogens is 319 g/mol. The third kappa shape index (κ3) is 4.20. The van der Waals surface area contributed by atoms with Crippen molar-refractivity contribution >= 4 is 18.3 Å². The molecule has 1 amide bonds. The first-order valence-electron chi connectivity index (χ1n) is 7.90. The molecule has 0 spiro atoms. The van der Waals surface area contributed by atoms with Crippen LogP contribution in [0.1, 0.15) is 24.9 Å². The van der Waals surface area contributed by atoms with Crippen LogP contribution in [0.5, 0.6) is 0 Å². The summed E-state index contributed by atoms with van der Waals surface area (Å²) in [5, 5.41) is 6.52. The molecule has 5 nitrogen and oxygen atoms in total. The Morgan fingerprint density at radius 2 is 2.00 bits per heavy atom. The molecule has 1 aromatic carbocycles. The highest BCUT2D eigenvalue weighted by Crippen LogP contribution is 2.26. The maximum absolute atomic E-state index is 13.1. The molecule has 4 atom stereocenters. The smallest absolute Gasteiger partial charge is 0.226 e. The first-order valence-corrected chi connectivity index (χ1v) is 7.90. The highest BCUT2D eigenvalue weighted by Gasteiger charge is 2.35. The molecule has 2 heterocycles. The van der Waals surface area contributed by atoms with E-state index in [1.54, 1.807) is 12.1 Å². The van der Waals surface area contributed by atoms with Gasteiger partial charge >= 0.3 is 0 Å². The van der Waals surface area contributed by atoms with Crippen LogP contribution in [0.25, 0.3) is 0 Å². The molecule has 0 saturated carbocycles. The van der Waals surface area contributed by atoms with Crippen LogP contribution in [-0.4, -0.2) is 31.6 Å². The van der Waals surface area contributed by atoms with Crippen LogP contribution in [0.4, 0.5) is 4.39 Å². The summed E-state index contributed by atoms with van der Waals surface area (Å²) < 4.78 is 13.1.